The van der Waals surface area contributed by atoms with Crippen molar-refractivity contribution < 1.29 is 37.9 Å². The molecule has 2 atom stereocenters. The number of ether oxygens (including phenoxy) is 2. The molecule has 0 spiro atoms. The summed E-state index contributed by atoms with van der Waals surface area (Å²) in [6.45, 7) is 33.8. The molecule has 2 N–H and O–H groups in total. The molecule has 2 aliphatic rings. The molecule has 0 saturated heterocycles. The van der Waals surface area contributed by atoms with Gasteiger partial charge in [0.25, 0.3) is 0 Å². The Bertz CT molecular complexity index is 6250. The zero-order chi connectivity index (χ0) is 80.6. The summed E-state index contributed by atoms with van der Waals surface area (Å²) in [5.74, 6) is 1.90. The molecule has 17 rings (SSSR count). The normalized spacial score (nSPS) is 15.0. The topological polar surface area (TPSA) is 121 Å². The molecule has 0 saturated carbocycles. The highest BCUT2D eigenvalue weighted by Crippen LogP contribution is 2.60. The van der Waals surface area contributed by atoms with E-state index in [1.54, 1.807) is 12.1 Å². The van der Waals surface area contributed by atoms with Gasteiger partial charge in [-0.1, -0.05) is 333 Å². The van der Waals surface area contributed by atoms with Gasteiger partial charge in [0.1, 0.15) is 53.2 Å². The second-order valence-corrected chi connectivity index (χ2v) is 40.2. The van der Waals surface area contributed by atoms with E-state index in [0.29, 0.717) is 56.4 Å². The van der Waals surface area contributed by atoms with E-state index in [4.69, 9.17) is 18.5 Å². The number of alkyl halides is 1. The lowest BCUT2D eigenvalue weighted by Crippen LogP contribution is -2.27. The standard InChI is InChI=1S/C56H56NO4P.C34H28NO4P.C11H15Br.CH4.HI/c1-54(2,3)39-26-22-37(23-27-39)35-59-48-34-50(62(58)49-21-15-12-17-44(49)43-16-11-14-20-47(43)61-62)53(60-36-38-24-28-40(29-25-38)55(4,5)6)51-45-18-10-13-19-46(45)57(52(48)51)42-32-30-41(31-33-42)56(7,8)9;1-34(2,3)21-16-18-22(19-17-21)35-26-13-7-4-12-25(26)31-32(35)27(36)20-30(33(31)37)40(38)29-15-9-6-11-24(29)23-10-5-8-14-28(23)39-40;1-11(2,3)10-6-4-9(8-12)5-7-10;;/h10-34H,35-36H2,1-9H3;4-20,36-37H,1-3H3;4-7H,8H2,1-3H3;1H4;1H. The van der Waals surface area contributed by atoms with Crippen molar-refractivity contribution in [1.29, 1.82) is 0 Å². The summed E-state index contributed by atoms with van der Waals surface area (Å²) in [4.78, 5) is 0. The Kier molecular flexibility index (Phi) is 23.4. The average Bonchev–Trinajstić information content (AvgIpc) is 1.38. The molecule has 2 unspecified atom stereocenters. The number of nitrogens with zero attached hydrogens (tertiary/aromatic N) is 2. The van der Waals surface area contributed by atoms with Gasteiger partial charge >= 0.3 is 14.7 Å². The Morgan fingerprint density at radius 1 is 0.362 bits per heavy atom. The number of aromatic nitrogens is 2. The molecule has 2 aliphatic heterocycles. The zero-order valence-corrected chi connectivity index (χ0v) is 73.8. The minimum absolute atomic E-state index is 0. The van der Waals surface area contributed by atoms with Crippen molar-refractivity contribution in [2.45, 2.75) is 157 Å². The van der Waals surface area contributed by atoms with Gasteiger partial charge in [0.2, 0.25) is 0 Å². The molecule has 4 heterocycles. The second kappa shape index (κ2) is 32.4. The fraction of sp³-hybridized carbons (Fsp3) is 0.235. The molecule has 0 aliphatic carbocycles. The van der Waals surface area contributed by atoms with Crippen molar-refractivity contribution in [3.05, 3.63) is 324 Å². The number of para-hydroxylation sites is 4. The van der Waals surface area contributed by atoms with E-state index in [0.717, 1.165) is 82.8 Å². The van der Waals surface area contributed by atoms with Crippen molar-refractivity contribution in [2.75, 3.05) is 0 Å². The second-order valence-electron chi connectivity index (χ2n) is 35.1. The van der Waals surface area contributed by atoms with Gasteiger partial charge in [-0.2, -0.15) is 0 Å². The van der Waals surface area contributed by atoms with E-state index in [-0.39, 0.29) is 81.9 Å². The lowest BCUT2D eigenvalue weighted by atomic mass is 9.87. The Morgan fingerprint density at radius 2 is 0.698 bits per heavy atom. The quantitative estimate of drug-likeness (QED) is 0.0568. The first-order valence-electron chi connectivity index (χ1n) is 39.1. The minimum atomic E-state index is -3.91. The number of halogens is 2. The maximum absolute atomic E-state index is 16.4. The van der Waals surface area contributed by atoms with Gasteiger partial charge in [0.05, 0.1) is 48.5 Å². The number of hydrogen-bond donors (Lipinski definition) is 2. The monoisotopic (exact) mass is 1750 g/mol. The molecule has 0 radical (unpaired) electrons. The molecule has 13 aromatic carbocycles. The molecule has 0 amide bonds. The number of aromatic hydroxyl groups is 2. The minimum Gasteiger partial charge on any atom is -0.506 e. The van der Waals surface area contributed by atoms with Crippen LogP contribution in [0.1, 0.15) is 156 Å². The van der Waals surface area contributed by atoms with Crippen LogP contribution in [-0.2, 0) is 54.7 Å². The average molecular weight is 1750 g/mol. The summed E-state index contributed by atoms with van der Waals surface area (Å²) in [6.07, 6.45) is 0. The third kappa shape index (κ3) is 16.0. The number of phenols is 2. The lowest BCUT2D eigenvalue weighted by molar-refractivity contribution is 0.304. The third-order valence-corrected chi connectivity index (χ3v) is 27.5. The highest BCUT2D eigenvalue weighted by molar-refractivity contribution is 14.0. The van der Waals surface area contributed by atoms with Crippen LogP contribution in [0.3, 0.4) is 0 Å². The van der Waals surface area contributed by atoms with Gasteiger partial charge in [0, 0.05) is 50.7 Å². The SMILES string of the molecule is C.CC(C)(C)c1ccc(-n2c3ccccc3c3c(O)c(P4(=O)Oc5ccccc5-c5ccccc54)cc(O)c32)cc1.CC(C)(C)c1ccc(CBr)cc1.CC(C)(C)c1ccc(COc2c(P3(=O)Oc4ccccc4-c4ccccc43)cc(OCc3ccc(C(C)(C)C)cc3)c3c2c2ccccc2n3-c2ccc(C(C)(C)C)cc2)cc1.I. The van der Waals surface area contributed by atoms with Gasteiger partial charge in [-0.25, -0.2) is 0 Å². The fourth-order valence-electron chi connectivity index (χ4n) is 15.5. The van der Waals surface area contributed by atoms with Crippen molar-refractivity contribution >= 4 is 119 Å². The first-order valence-corrected chi connectivity index (χ1v) is 43.5. The summed E-state index contributed by atoms with van der Waals surface area (Å²) < 4.78 is 62.8. The van der Waals surface area contributed by atoms with Gasteiger partial charge in [-0.05, 0) is 143 Å². The predicted octanol–water partition coefficient (Wildman–Crippen LogP) is 27.0. The van der Waals surface area contributed by atoms with E-state index in [1.165, 1.54) is 39.4 Å². The van der Waals surface area contributed by atoms with Crippen molar-refractivity contribution in [3.63, 3.8) is 0 Å². The highest BCUT2D eigenvalue weighted by Gasteiger charge is 2.44. The van der Waals surface area contributed by atoms with E-state index >= 15 is 4.57 Å². The van der Waals surface area contributed by atoms with Gasteiger partial charge in [-0.3, -0.25) is 9.13 Å². The molecule has 10 nitrogen and oxygen atoms in total. The van der Waals surface area contributed by atoms with Crippen LogP contribution in [0.25, 0.3) is 77.2 Å². The molecular weight excluding hydrogens is 1650 g/mol. The van der Waals surface area contributed by atoms with Crippen LogP contribution < -0.4 is 39.7 Å². The van der Waals surface area contributed by atoms with Crippen LogP contribution in [0.2, 0.25) is 0 Å². The molecular formula is C102H104BrIN2O8P2. The Labute approximate surface area is 709 Å². The maximum atomic E-state index is 16.4. The molecule has 0 bridgehead atoms. The van der Waals surface area contributed by atoms with Crippen LogP contribution >= 0.6 is 54.6 Å². The Hall–Kier alpha value is -10.1. The van der Waals surface area contributed by atoms with Crippen molar-refractivity contribution in [3.8, 4) is 68.1 Å². The van der Waals surface area contributed by atoms with E-state index in [9.17, 15) is 14.8 Å². The predicted molar refractivity (Wildman–Crippen MR) is 500 cm³/mol. The summed E-state index contributed by atoms with van der Waals surface area (Å²) in [5.41, 5.74) is 18.3. The number of benzene rings is 13. The van der Waals surface area contributed by atoms with E-state index in [2.05, 4.69) is 258 Å². The smallest absolute Gasteiger partial charge is 0.311 e. The highest BCUT2D eigenvalue weighted by atomic mass is 127. The number of rotatable bonds is 11. The first kappa shape index (κ1) is 83.9. The Balaban J connectivity index is 0.000000184. The van der Waals surface area contributed by atoms with Crippen molar-refractivity contribution in [2.24, 2.45) is 0 Å². The molecule has 14 heteroatoms. The van der Waals surface area contributed by atoms with E-state index in [1.807, 2.05) is 132 Å². The van der Waals surface area contributed by atoms with Crippen LogP contribution in [0.5, 0.6) is 34.5 Å². The summed E-state index contributed by atoms with van der Waals surface area (Å²) >= 11 is 3.43. The summed E-state index contributed by atoms with van der Waals surface area (Å²) in [6, 6.07) is 93.0. The largest absolute Gasteiger partial charge is 0.506 e. The molecule has 594 valence electrons. The number of phenolic OH excluding ortho intramolecular Hbond substituents is 2. The molecule has 116 heavy (non-hydrogen) atoms. The van der Waals surface area contributed by atoms with Crippen LogP contribution in [0, 0.1) is 0 Å². The van der Waals surface area contributed by atoms with Crippen LogP contribution in [0.4, 0.5) is 0 Å². The van der Waals surface area contributed by atoms with Gasteiger partial charge in [-0.15, -0.1) is 24.0 Å². The zero-order valence-electron chi connectivity index (χ0n) is 68.1. The molecule has 0 fully saturated rings. The number of hydrogen-bond acceptors (Lipinski definition) is 8. The van der Waals surface area contributed by atoms with Gasteiger partial charge < -0.3 is 37.9 Å². The van der Waals surface area contributed by atoms with Crippen LogP contribution in [-0.4, -0.2) is 19.3 Å². The van der Waals surface area contributed by atoms with Crippen molar-refractivity contribution in [1.82, 2.24) is 9.13 Å². The number of fused-ring (bicyclic) bond motifs is 12. The lowest BCUT2D eigenvalue weighted by Gasteiger charge is -2.30. The van der Waals surface area contributed by atoms with Crippen LogP contribution in [0.15, 0.2) is 279 Å². The maximum Gasteiger partial charge on any atom is 0.311 e. The summed E-state index contributed by atoms with van der Waals surface area (Å²) in [7, 11) is -7.75. The molecule has 15 aromatic rings. The fourth-order valence-corrected chi connectivity index (χ4v) is 20.6. The van der Waals surface area contributed by atoms with E-state index < -0.39 is 14.7 Å². The summed E-state index contributed by atoms with van der Waals surface area (Å²) in [5, 5.41) is 29.0. The Morgan fingerprint density at radius 3 is 1.11 bits per heavy atom. The molecule has 2 aromatic heterocycles. The first-order chi connectivity index (χ1) is 54.2. The van der Waals surface area contributed by atoms with Gasteiger partial charge in [0.15, 0.2) is 0 Å². The third-order valence-electron chi connectivity index (χ3n) is 22.0.